The summed E-state index contributed by atoms with van der Waals surface area (Å²) in [6.07, 6.45) is 0.586. The van der Waals surface area contributed by atoms with Crippen molar-refractivity contribution in [2.75, 3.05) is 6.61 Å². The summed E-state index contributed by atoms with van der Waals surface area (Å²) in [5, 5.41) is 9.02. The molecule has 5 heteroatoms. The number of carboxylic acids is 1. The fraction of sp³-hybridized carbons (Fsp3) is 0.500. The third kappa shape index (κ3) is 3.09. The van der Waals surface area contributed by atoms with E-state index in [0.29, 0.717) is 18.6 Å². The van der Waals surface area contributed by atoms with E-state index in [-0.39, 0.29) is 18.1 Å². The molecule has 0 bridgehead atoms. The summed E-state index contributed by atoms with van der Waals surface area (Å²) in [6.45, 7) is 5.75. The maximum atomic E-state index is 11.2. The predicted octanol–water partition coefficient (Wildman–Crippen LogP) is 1.83. The number of carboxylic acid groups (broad SMARTS) is 1. The normalized spacial score (nSPS) is 10.3. The number of ether oxygens (including phenoxy) is 1. The lowest BCUT2D eigenvalue weighted by molar-refractivity contribution is -0.143. The van der Waals surface area contributed by atoms with E-state index in [4.69, 9.17) is 9.84 Å². The Bertz CT molecular complexity index is 434. The molecule has 0 fully saturated rings. The molecule has 0 amide bonds. The van der Waals surface area contributed by atoms with Crippen LogP contribution in [0.15, 0.2) is 0 Å². The number of esters is 1. The van der Waals surface area contributed by atoms with Crippen molar-refractivity contribution in [3.05, 3.63) is 22.5 Å². The lowest BCUT2D eigenvalue weighted by Crippen LogP contribution is -2.08. The second kappa shape index (κ2) is 5.52. The molecule has 1 rings (SSSR count). The quantitative estimate of drug-likeness (QED) is 0.768. The zero-order valence-corrected chi connectivity index (χ0v) is 10.3. The molecule has 1 aromatic rings. The van der Waals surface area contributed by atoms with Gasteiger partial charge in [-0.2, -0.15) is 0 Å². The number of nitrogens with one attached hydrogen (secondary N) is 1. The summed E-state index contributed by atoms with van der Waals surface area (Å²) in [4.78, 5) is 25.1. The summed E-state index contributed by atoms with van der Waals surface area (Å²) in [5.41, 5.74) is 2.57. The Labute approximate surface area is 99.8 Å². The number of aromatic nitrogens is 1. The van der Waals surface area contributed by atoms with Crippen LogP contribution < -0.4 is 0 Å². The first-order chi connectivity index (χ1) is 7.97. The van der Waals surface area contributed by atoms with Gasteiger partial charge in [-0.1, -0.05) is 0 Å². The number of rotatable bonds is 5. The smallest absolute Gasteiger partial charge is 0.352 e. The highest BCUT2D eigenvalue weighted by Gasteiger charge is 2.18. The zero-order valence-electron chi connectivity index (χ0n) is 10.3. The molecule has 0 saturated carbocycles. The number of hydrogen-bond acceptors (Lipinski definition) is 3. The molecule has 0 spiro atoms. The average molecular weight is 239 g/mol. The van der Waals surface area contributed by atoms with E-state index in [1.54, 1.807) is 6.92 Å². The second-order valence-corrected chi connectivity index (χ2v) is 3.84. The Balaban J connectivity index is 2.83. The van der Waals surface area contributed by atoms with Crippen molar-refractivity contribution in [3.8, 4) is 0 Å². The van der Waals surface area contributed by atoms with E-state index in [9.17, 15) is 9.59 Å². The minimum Gasteiger partial charge on any atom is -0.477 e. The maximum absolute atomic E-state index is 11.2. The van der Waals surface area contributed by atoms with Crippen LogP contribution in [0.2, 0.25) is 0 Å². The highest BCUT2D eigenvalue weighted by Crippen LogP contribution is 2.19. The van der Waals surface area contributed by atoms with Gasteiger partial charge in [0.15, 0.2) is 0 Å². The molecule has 0 unspecified atom stereocenters. The van der Waals surface area contributed by atoms with E-state index in [1.807, 2.05) is 13.8 Å². The number of aromatic amines is 1. The molecule has 0 aliphatic carbocycles. The Hall–Kier alpha value is -1.78. The number of carbonyl (C=O) groups excluding carboxylic acids is 1. The Kier molecular flexibility index (Phi) is 4.31. The van der Waals surface area contributed by atoms with Crippen LogP contribution in [-0.2, 0) is 16.0 Å². The molecule has 0 atom stereocenters. The van der Waals surface area contributed by atoms with Gasteiger partial charge in [0.25, 0.3) is 0 Å². The van der Waals surface area contributed by atoms with Crippen molar-refractivity contribution in [3.63, 3.8) is 0 Å². The van der Waals surface area contributed by atoms with Gasteiger partial charge >= 0.3 is 11.9 Å². The molecule has 5 nitrogen and oxygen atoms in total. The number of H-pyrrole nitrogens is 1. The minimum absolute atomic E-state index is 0.171. The van der Waals surface area contributed by atoms with Crippen LogP contribution in [0.5, 0.6) is 0 Å². The summed E-state index contributed by atoms with van der Waals surface area (Å²) >= 11 is 0. The van der Waals surface area contributed by atoms with Gasteiger partial charge in [-0.05, 0) is 38.3 Å². The Morgan fingerprint density at radius 2 is 2.00 bits per heavy atom. The van der Waals surface area contributed by atoms with Gasteiger partial charge in [-0.25, -0.2) is 4.79 Å². The molecular weight excluding hydrogens is 222 g/mol. The topological polar surface area (TPSA) is 79.4 Å². The van der Waals surface area contributed by atoms with E-state index >= 15 is 0 Å². The molecule has 17 heavy (non-hydrogen) atoms. The average Bonchev–Trinajstić information content (AvgIpc) is 2.54. The van der Waals surface area contributed by atoms with Gasteiger partial charge in [-0.3, -0.25) is 4.79 Å². The maximum Gasteiger partial charge on any atom is 0.352 e. The van der Waals surface area contributed by atoms with E-state index in [1.165, 1.54) is 0 Å². The molecule has 0 aliphatic heterocycles. The molecule has 0 aliphatic rings. The Morgan fingerprint density at radius 3 is 2.53 bits per heavy atom. The first-order valence-corrected chi connectivity index (χ1v) is 5.54. The molecule has 1 aromatic heterocycles. The van der Waals surface area contributed by atoms with E-state index < -0.39 is 5.97 Å². The van der Waals surface area contributed by atoms with Crippen molar-refractivity contribution < 1.29 is 19.4 Å². The lowest BCUT2D eigenvalue weighted by atomic mass is 10.0. The fourth-order valence-corrected chi connectivity index (χ4v) is 1.73. The summed E-state index contributed by atoms with van der Waals surface area (Å²) in [7, 11) is 0. The van der Waals surface area contributed by atoms with Crippen molar-refractivity contribution in [2.45, 2.75) is 33.6 Å². The SMILES string of the molecule is CCOC(=O)CCc1c(C(=O)O)[nH]c(C)c1C. The highest BCUT2D eigenvalue weighted by atomic mass is 16.5. The first kappa shape index (κ1) is 13.3. The van der Waals surface area contributed by atoms with Gasteiger partial charge in [-0.15, -0.1) is 0 Å². The van der Waals surface area contributed by atoms with Crippen LogP contribution in [0.25, 0.3) is 0 Å². The summed E-state index contributed by atoms with van der Waals surface area (Å²) < 4.78 is 4.81. The number of aryl methyl sites for hydroxylation is 1. The molecule has 94 valence electrons. The van der Waals surface area contributed by atoms with Crippen LogP contribution in [-0.4, -0.2) is 28.6 Å². The first-order valence-electron chi connectivity index (χ1n) is 5.54. The largest absolute Gasteiger partial charge is 0.477 e. The number of aromatic carboxylic acids is 1. The molecule has 0 radical (unpaired) electrons. The van der Waals surface area contributed by atoms with Crippen LogP contribution >= 0.6 is 0 Å². The second-order valence-electron chi connectivity index (χ2n) is 3.84. The van der Waals surface area contributed by atoms with Crippen molar-refractivity contribution >= 4 is 11.9 Å². The number of carbonyl (C=O) groups is 2. The van der Waals surface area contributed by atoms with Crippen molar-refractivity contribution in [1.82, 2.24) is 4.98 Å². The zero-order chi connectivity index (χ0) is 13.0. The summed E-state index contributed by atoms with van der Waals surface area (Å²) in [5.74, 6) is -1.30. The van der Waals surface area contributed by atoms with Gasteiger partial charge in [0, 0.05) is 12.1 Å². The molecular formula is C12H17NO4. The van der Waals surface area contributed by atoms with Crippen molar-refractivity contribution in [1.29, 1.82) is 0 Å². The Morgan fingerprint density at radius 1 is 1.35 bits per heavy atom. The third-order valence-corrected chi connectivity index (χ3v) is 2.73. The standard InChI is InChI=1S/C12H17NO4/c1-4-17-10(14)6-5-9-7(2)8(3)13-11(9)12(15)16/h13H,4-6H2,1-3H3,(H,15,16). The van der Waals surface area contributed by atoms with Crippen molar-refractivity contribution in [2.24, 2.45) is 0 Å². The fourth-order valence-electron chi connectivity index (χ4n) is 1.73. The third-order valence-electron chi connectivity index (χ3n) is 2.73. The summed E-state index contributed by atoms with van der Waals surface area (Å²) in [6, 6.07) is 0. The van der Waals surface area contributed by atoms with Gasteiger partial charge in [0.05, 0.1) is 6.61 Å². The van der Waals surface area contributed by atoms with E-state index in [2.05, 4.69) is 4.98 Å². The monoisotopic (exact) mass is 239 g/mol. The van der Waals surface area contributed by atoms with Crippen LogP contribution in [0.1, 0.15) is 40.7 Å². The van der Waals surface area contributed by atoms with Gasteiger partial charge < -0.3 is 14.8 Å². The highest BCUT2D eigenvalue weighted by molar-refractivity contribution is 5.88. The van der Waals surface area contributed by atoms with Gasteiger partial charge in [0.2, 0.25) is 0 Å². The molecule has 0 saturated heterocycles. The van der Waals surface area contributed by atoms with Gasteiger partial charge in [0.1, 0.15) is 5.69 Å². The minimum atomic E-state index is -1.000. The number of hydrogen-bond donors (Lipinski definition) is 2. The molecule has 1 heterocycles. The molecule has 0 aromatic carbocycles. The lowest BCUT2D eigenvalue weighted by Gasteiger charge is -2.03. The van der Waals surface area contributed by atoms with Crippen LogP contribution in [0.3, 0.4) is 0 Å². The van der Waals surface area contributed by atoms with E-state index in [0.717, 1.165) is 11.3 Å². The van der Waals surface area contributed by atoms with Crippen LogP contribution in [0, 0.1) is 13.8 Å². The molecule has 2 N–H and O–H groups in total. The van der Waals surface area contributed by atoms with Crippen LogP contribution in [0.4, 0.5) is 0 Å². The predicted molar refractivity (Wildman–Crippen MR) is 62.2 cm³/mol.